The summed E-state index contributed by atoms with van der Waals surface area (Å²) in [6.07, 6.45) is -12.4. The van der Waals surface area contributed by atoms with Crippen molar-refractivity contribution in [2.24, 2.45) is 0 Å². The number of aromatic nitrogens is 2. The molecule has 354 valence electrons. The van der Waals surface area contributed by atoms with Gasteiger partial charge >= 0.3 is 24.3 Å². The summed E-state index contributed by atoms with van der Waals surface area (Å²) in [5.74, 6) is -1.81. The molecule has 0 aliphatic heterocycles. The van der Waals surface area contributed by atoms with Gasteiger partial charge in [-0.15, -0.1) is 0 Å². The maximum absolute atomic E-state index is 13.4. The molecule has 2 atom stereocenters. The number of benzene rings is 6. The summed E-state index contributed by atoms with van der Waals surface area (Å²) in [7, 11) is 3.60. The highest BCUT2D eigenvalue weighted by Gasteiger charge is 2.35. The van der Waals surface area contributed by atoms with E-state index >= 15 is 0 Å². The number of oxazole rings is 2. The van der Waals surface area contributed by atoms with Gasteiger partial charge in [0.25, 0.3) is 0 Å². The highest BCUT2D eigenvalue weighted by Crippen LogP contribution is 2.40. The van der Waals surface area contributed by atoms with Crippen molar-refractivity contribution >= 4 is 57.3 Å². The lowest BCUT2D eigenvalue weighted by atomic mass is 10.1. The highest BCUT2D eigenvalue weighted by atomic mass is 35.5. The Hall–Kier alpha value is -7.08. The lowest BCUT2D eigenvalue weighted by Crippen LogP contribution is -2.26. The largest absolute Gasteiger partial charge is 0.478 e. The van der Waals surface area contributed by atoms with Crippen LogP contribution in [-0.4, -0.2) is 59.2 Å². The second-order valence-corrected chi connectivity index (χ2v) is 15.7. The lowest BCUT2D eigenvalue weighted by Gasteiger charge is -2.21. The minimum absolute atomic E-state index is 0. The summed E-state index contributed by atoms with van der Waals surface area (Å²) in [6, 6.07) is 31.4. The van der Waals surface area contributed by atoms with Crippen molar-refractivity contribution in [1.82, 2.24) is 14.9 Å². The molecule has 0 saturated heterocycles. The Bertz CT molecular complexity index is 2980. The molecule has 0 radical (unpaired) electrons. The number of halogens is 8. The van der Waals surface area contributed by atoms with Gasteiger partial charge in [-0.1, -0.05) is 79.2 Å². The first-order valence-corrected chi connectivity index (χ1v) is 20.6. The van der Waals surface area contributed by atoms with Crippen LogP contribution >= 0.6 is 23.2 Å². The van der Waals surface area contributed by atoms with Gasteiger partial charge in [-0.3, -0.25) is 0 Å². The Labute approximate surface area is 394 Å². The summed E-state index contributed by atoms with van der Waals surface area (Å²) in [5.41, 5.74) is 0.705. The Morgan fingerprint density at radius 1 is 0.632 bits per heavy atom. The molecule has 0 fully saturated rings. The summed E-state index contributed by atoms with van der Waals surface area (Å²) in [4.78, 5) is 35.5. The van der Waals surface area contributed by atoms with Crippen LogP contribution in [0.4, 0.5) is 26.3 Å². The maximum Gasteiger partial charge on any atom is 0.416 e. The molecule has 1 N–H and O–H groups in total. The van der Waals surface area contributed by atoms with Crippen molar-refractivity contribution in [3.8, 4) is 34.4 Å². The molecule has 0 saturated carbocycles. The van der Waals surface area contributed by atoms with E-state index in [2.05, 4.69) is 9.97 Å². The number of hydrogen-bond acceptors (Lipinski definition) is 10. The number of carboxylic acids is 1. The second kappa shape index (κ2) is 21.3. The fourth-order valence-electron chi connectivity index (χ4n) is 6.45. The molecule has 68 heavy (non-hydrogen) atoms. The number of alkyl halides is 6. The van der Waals surface area contributed by atoms with Crippen molar-refractivity contribution in [3.05, 3.63) is 166 Å². The topological polar surface area (TPSA) is 137 Å². The molecule has 0 aliphatic rings. The zero-order valence-corrected chi connectivity index (χ0v) is 36.5. The van der Waals surface area contributed by atoms with E-state index in [1.165, 1.54) is 48.5 Å². The number of rotatable bonds is 13. The first kappa shape index (κ1) is 50.3. The van der Waals surface area contributed by atoms with E-state index in [1.54, 1.807) is 73.6 Å². The number of esters is 1. The average Bonchev–Trinajstić information content (AvgIpc) is 3.93. The smallest absolute Gasteiger partial charge is 0.416 e. The van der Waals surface area contributed by atoms with E-state index in [0.717, 1.165) is 30.3 Å². The standard InChI is InChI=1S/C26H22ClF3N2O4.C22H13ClF3NO4.CH4/c1-32(2)12-13-34-25(33)23(16-6-5-7-17(14-16)26(28,29)30)35-21-11-10-18(27)15-19(21)24-31-20-8-3-4-9-22(20)36-24;23-14-8-9-17(15(11-14)20-27-16-6-1-2-7-18(16)31-20)30-19(21(28)29)12-4-3-5-13(10-12)22(24,25)26;/h3-11,14-15,23H,12-13H2,1-2H3;1-11,19H,(H,28,29);1H4. The van der Waals surface area contributed by atoms with Gasteiger partial charge in [0.05, 0.1) is 22.3 Å². The van der Waals surface area contributed by atoms with Crippen LogP contribution in [0.25, 0.3) is 45.1 Å². The molecular weight excluding hydrogens is 943 g/mol. The van der Waals surface area contributed by atoms with Crippen molar-refractivity contribution in [3.63, 3.8) is 0 Å². The normalized spacial score (nSPS) is 12.5. The van der Waals surface area contributed by atoms with Crippen LogP contribution in [0.15, 0.2) is 142 Å². The Morgan fingerprint density at radius 2 is 1.07 bits per heavy atom. The Balaban J connectivity index is 0.000000223. The molecule has 0 bridgehead atoms. The summed E-state index contributed by atoms with van der Waals surface area (Å²) in [5, 5.41) is 10.3. The number of likely N-dealkylation sites (N-methyl/N-ethyl adjacent to an activating group) is 1. The number of nitrogens with zero attached hydrogens (tertiary/aromatic N) is 3. The number of carboxylic acid groups (broad SMARTS) is 1. The third kappa shape index (κ3) is 12.3. The van der Waals surface area contributed by atoms with E-state index in [-0.39, 0.29) is 54.0 Å². The van der Waals surface area contributed by atoms with E-state index in [4.69, 9.17) is 46.2 Å². The van der Waals surface area contributed by atoms with Gasteiger partial charge in [-0.05, 0) is 99.0 Å². The minimum Gasteiger partial charge on any atom is -0.478 e. The number of carbonyl (C=O) groups excluding carboxylic acids is 1. The average molecular weight is 983 g/mol. The third-order valence-corrected chi connectivity index (χ3v) is 10.1. The van der Waals surface area contributed by atoms with E-state index in [1.807, 2.05) is 0 Å². The van der Waals surface area contributed by atoms with Crippen LogP contribution in [-0.2, 0) is 26.7 Å². The molecule has 11 nitrogen and oxygen atoms in total. The fourth-order valence-corrected chi connectivity index (χ4v) is 6.79. The number of hydrogen-bond donors (Lipinski definition) is 1. The van der Waals surface area contributed by atoms with Crippen LogP contribution in [0, 0.1) is 0 Å². The highest BCUT2D eigenvalue weighted by molar-refractivity contribution is 6.31. The zero-order valence-electron chi connectivity index (χ0n) is 34.9. The lowest BCUT2D eigenvalue weighted by molar-refractivity contribution is -0.153. The fraction of sp³-hybridized carbons (Fsp3) is 0.184. The quantitative estimate of drug-likeness (QED) is 0.0873. The second-order valence-electron chi connectivity index (χ2n) is 14.8. The third-order valence-electron chi connectivity index (χ3n) is 9.68. The molecule has 8 aromatic rings. The van der Waals surface area contributed by atoms with Crippen LogP contribution in [0.2, 0.25) is 10.0 Å². The summed E-state index contributed by atoms with van der Waals surface area (Å²) < 4.78 is 108. The van der Waals surface area contributed by atoms with Crippen LogP contribution < -0.4 is 9.47 Å². The molecule has 0 aliphatic carbocycles. The molecule has 0 amide bonds. The van der Waals surface area contributed by atoms with Crippen molar-refractivity contribution in [1.29, 1.82) is 0 Å². The number of fused-ring (bicyclic) bond motifs is 2. The van der Waals surface area contributed by atoms with Crippen molar-refractivity contribution < 1.29 is 64.1 Å². The van der Waals surface area contributed by atoms with Gasteiger partial charge < -0.3 is 33.1 Å². The van der Waals surface area contributed by atoms with Gasteiger partial charge in [0, 0.05) is 27.7 Å². The van der Waals surface area contributed by atoms with Crippen LogP contribution in [0.1, 0.15) is 41.9 Å². The molecular formula is C49H39Cl2F6N3O8. The van der Waals surface area contributed by atoms with Gasteiger partial charge in [-0.2, -0.15) is 26.3 Å². The number of aliphatic carboxylic acids is 1. The molecule has 2 aromatic heterocycles. The predicted octanol–water partition coefficient (Wildman–Crippen LogP) is 13.4. The SMILES string of the molecule is C.CN(C)CCOC(=O)C(Oc1ccc(Cl)cc1-c1nc2ccccc2o1)c1cccc(C(F)(F)F)c1.O=C(O)C(Oc1ccc(Cl)cc1-c1nc2ccccc2o1)c1cccc(C(F)(F)F)c1. The first-order valence-electron chi connectivity index (χ1n) is 19.9. The van der Waals surface area contributed by atoms with E-state index in [0.29, 0.717) is 44.4 Å². The number of para-hydroxylation sites is 4. The molecule has 2 unspecified atom stereocenters. The van der Waals surface area contributed by atoms with E-state index in [9.17, 15) is 41.0 Å². The monoisotopic (exact) mass is 981 g/mol. The molecule has 19 heteroatoms. The van der Waals surface area contributed by atoms with Gasteiger partial charge in [-0.25, -0.2) is 19.6 Å². The van der Waals surface area contributed by atoms with E-state index < -0.39 is 47.6 Å². The van der Waals surface area contributed by atoms with Gasteiger partial charge in [0.1, 0.15) is 29.1 Å². The van der Waals surface area contributed by atoms with Crippen LogP contribution in [0.3, 0.4) is 0 Å². The minimum atomic E-state index is -4.62. The first-order chi connectivity index (χ1) is 31.8. The molecule has 6 aromatic carbocycles. The Morgan fingerprint density at radius 3 is 1.50 bits per heavy atom. The van der Waals surface area contributed by atoms with Gasteiger partial charge in [0.2, 0.25) is 24.0 Å². The number of carbonyl (C=O) groups is 2. The predicted molar refractivity (Wildman–Crippen MR) is 242 cm³/mol. The summed E-state index contributed by atoms with van der Waals surface area (Å²) in [6.45, 7) is 0.458. The van der Waals surface area contributed by atoms with Crippen molar-refractivity contribution in [2.75, 3.05) is 27.2 Å². The molecule has 0 spiro atoms. The zero-order chi connectivity index (χ0) is 48.0. The van der Waals surface area contributed by atoms with Crippen LogP contribution in [0.5, 0.6) is 11.5 Å². The molecule has 2 heterocycles. The van der Waals surface area contributed by atoms with Crippen molar-refractivity contribution in [2.45, 2.75) is 32.0 Å². The summed E-state index contributed by atoms with van der Waals surface area (Å²) >= 11 is 12.3. The Kier molecular flexibility index (Phi) is 15.7. The maximum atomic E-state index is 13.4. The van der Waals surface area contributed by atoms with Gasteiger partial charge in [0.15, 0.2) is 11.2 Å². The molecule has 8 rings (SSSR count). The number of ether oxygens (including phenoxy) is 3.